The number of halogens is 1. The van der Waals surface area contributed by atoms with Gasteiger partial charge in [-0.1, -0.05) is 11.6 Å². The third-order valence-electron chi connectivity index (χ3n) is 4.04. The van der Waals surface area contributed by atoms with Crippen LogP contribution in [0.25, 0.3) is 0 Å². The number of rotatable bonds is 4. The predicted molar refractivity (Wildman–Crippen MR) is 92.8 cm³/mol. The van der Waals surface area contributed by atoms with Crippen molar-refractivity contribution in [2.24, 2.45) is 5.92 Å². The van der Waals surface area contributed by atoms with Gasteiger partial charge in [0.05, 0.1) is 30.8 Å². The summed E-state index contributed by atoms with van der Waals surface area (Å²) in [5.41, 5.74) is 0.165. The number of nitrogens with one attached hydrogen (secondary N) is 1. The van der Waals surface area contributed by atoms with Crippen molar-refractivity contribution in [3.8, 4) is 11.5 Å². The van der Waals surface area contributed by atoms with Crippen LogP contribution in [0.4, 0.5) is 5.69 Å². The number of ether oxygens (including phenoxy) is 2. The lowest BCUT2D eigenvalue weighted by molar-refractivity contribution is -0.131. The van der Waals surface area contributed by atoms with E-state index < -0.39 is 5.92 Å². The number of amides is 2. The molecule has 0 aromatic heterocycles. The largest absolute Gasteiger partial charge is 0.495 e. The molecule has 24 heavy (non-hydrogen) atoms. The van der Waals surface area contributed by atoms with Gasteiger partial charge in [0.2, 0.25) is 11.8 Å². The van der Waals surface area contributed by atoms with Gasteiger partial charge in [0.1, 0.15) is 11.5 Å². The van der Waals surface area contributed by atoms with Crippen molar-refractivity contribution >= 4 is 29.1 Å². The maximum Gasteiger partial charge on any atom is 0.229 e. The van der Waals surface area contributed by atoms with Gasteiger partial charge in [-0.05, 0) is 20.8 Å². The van der Waals surface area contributed by atoms with Gasteiger partial charge in [0.15, 0.2) is 0 Å². The molecule has 132 valence electrons. The lowest BCUT2D eigenvalue weighted by atomic mass is 10.1. The normalized spacial score (nSPS) is 17.8. The zero-order valence-corrected chi connectivity index (χ0v) is 15.4. The van der Waals surface area contributed by atoms with Crippen LogP contribution < -0.4 is 14.8 Å². The van der Waals surface area contributed by atoms with E-state index in [2.05, 4.69) is 5.32 Å². The molecule has 1 aliphatic rings. The van der Waals surface area contributed by atoms with Crippen LogP contribution >= 0.6 is 11.6 Å². The molecule has 1 heterocycles. The predicted octanol–water partition coefficient (Wildman–Crippen LogP) is 2.94. The second-order valence-corrected chi connectivity index (χ2v) is 7.16. The van der Waals surface area contributed by atoms with Gasteiger partial charge >= 0.3 is 0 Å². The highest BCUT2D eigenvalue weighted by molar-refractivity contribution is 6.32. The molecule has 2 amide bonds. The number of carbonyl (C=O) groups is 2. The minimum absolute atomic E-state index is 0.0108. The second-order valence-electron chi connectivity index (χ2n) is 6.75. The fraction of sp³-hybridized carbons (Fsp3) is 0.529. The molecule has 1 aliphatic heterocycles. The maximum atomic E-state index is 12.6. The van der Waals surface area contributed by atoms with E-state index in [4.69, 9.17) is 21.1 Å². The summed E-state index contributed by atoms with van der Waals surface area (Å²) in [7, 11) is 2.99. The van der Waals surface area contributed by atoms with E-state index in [0.29, 0.717) is 28.8 Å². The van der Waals surface area contributed by atoms with Crippen LogP contribution in [0.5, 0.6) is 11.5 Å². The molecule has 6 nitrogen and oxygen atoms in total. The van der Waals surface area contributed by atoms with E-state index in [-0.39, 0.29) is 23.8 Å². The number of carbonyl (C=O) groups excluding carboxylic acids is 2. The summed E-state index contributed by atoms with van der Waals surface area (Å²) in [6.45, 7) is 6.27. The van der Waals surface area contributed by atoms with E-state index in [1.807, 2.05) is 20.8 Å². The molecular formula is C17H23ClN2O4. The quantitative estimate of drug-likeness (QED) is 0.902. The second kappa shape index (κ2) is 6.89. The number of nitrogens with zero attached hydrogens (tertiary/aromatic N) is 1. The van der Waals surface area contributed by atoms with Crippen LogP contribution in [0.1, 0.15) is 27.2 Å². The highest BCUT2D eigenvalue weighted by atomic mass is 35.5. The summed E-state index contributed by atoms with van der Waals surface area (Å²) in [6, 6.07) is 3.19. The van der Waals surface area contributed by atoms with Gasteiger partial charge in [0.25, 0.3) is 0 Å². The van der Waals surface area contributed by atoms with Crippen LogP contribution in [0.3, 0.4) is 0 Å². The molecule has 2 rings (SSSR count). The Morgan fingerprint density at radius 3 is 2.38 bits per heavy atom. The van der Waals surface area contributed by atoms with Crippen molar-refractivity contribution in [2.45, 2.75) is 32.7 Å². The van der Waals surface area contributed by atoms with Gasteiger partial charge in [-0.2, -0.15) is 0 Å². The Hall–Kier alpha value is -1.95. The molecular weight excluding hydrogens is 332 g/mol. The topological polar surface area (TPSA) is 67.9 Å². The molecule has 1 aromatic carbocycles. The van der Waals surface area contributed by atoms with Crippen LogP contribution in [-0.2, 0) is 9.59 Å². The summed E-state index contributed by atoms with van der Waals surface area (Å²) in [6.07, 6.45) is 0.205. The monoisotopic (exact) mass is 354 g/mol. The molecule has 0 spiro atoms. The van der Waals surface area contributed by atoms with E-state index in [1.165, 1.54) is 14.2 Å². The number of benzene rings is 1. The number of methoxy groups -OCH3 is 2. The van der Waals surface area contributed by atoms with Crippen LogP contribution in [0.15, 0.2) is 12.1 Å². The molecule has 1 fully saturated rings. The van der Waals surface area contributed by atoms with E-state index in [0.717, 1.165) is 0 Å². The zero-order valence-electron chi connectivity index (χ0n) is 14.6. The van der Waals surface area contributed by atoms with Crippen molar-refractivity contribution in [3.05, 3.63) is 17.2 Å². The van der Waals surface area contributed by atoms with Gasteiger partial charge in [-0.3, -0.25) is 9.59 Å². The summed E-state index contributed by atoms with van der Waals surface area (Å²) >= 11 is 6.06. The molecule has 1 saturated heterocycles. The summed E-state index contributed by atoms with van der Waals surface area (Å²) < 4.78 is 10.4. The Morgan fingerprint density at radius 1 is 1.25 bits per heavy atom. The number of likely N-dealkylation sites (tertiary alicyclic amines) is 1. The highest BCUT2D eigenvalue weighted by Crippen LogP contribution is 2.36. The summed E-state index contributed by atoms with van der Waals surface area (Å²) in [4.78, 5) is 26.4. The molecule has 0 bridgehead atoms. The third kappa shape index (κ3) is 3.75. The molecule has 0 aliphatic carbocycles. The van der Waals surface area contributed by atoms with Crippen molar-refractivity contribution in [1.82, 2.24) is 4.90 Å². The molecule has 1 N–H and O–H groups in total. The van der Waals surface area contributed by atoms with E-state index >= 15 is 0 Å². The lowest BCUT2D eigenvalue weighted by Gasteiger charge is -2.31. The Balaban J connectivity index is 2.17. The molecule has 0 unspecified atom stereocenters. The molecule has 0 radical (unpaired) electrons. The van der Waals surface area contributed by atoms with E-state index in [9.17, 15) is 9.59 Å². The highest BCUT2D eigenvalue weighted by Gasteiger charge is 2.39. The number of anilines is 1. The standard InChI is InChI=1S/C17H23ClN2O4/c1-17(2,3)20-9-10(6-15(20)21)16(22)19-12-8-13(23-4)11(18)7-14(12)24-5/h7-8,10H,6,9H2,1-5H3,(H,19,22)/t10-/m0/s1. The lowest BCUT2D eigenvalue weighted by Crippen LogP contribution is -2.42. The van der Waals surface area contributed by atoms with Crippen molar-refractivity contribution < 1.29 is 19.1 Å². The number of hydrogen-bond donors (Lipinski definition) is 1. The zero-order chi connectivity index (χ0) is 18.1. The molecule has 7 heteroatoms. The van der Waals surface area contributed by atoms with Crippen LogP contribution in [0, 0.1) is 5.92 Å². The SMILES string of the molecule is COc1cc(NC(=O)[C@H]2CC(=O)N(C(C)(C)C)C2)c(OC)cc1Cl. The van der Waals surface area contributed by atoms with Crippen molar-refractivity contribution in [1.29, 1.82) is 0 Å². The first-order valence-electron chi connectivity index (χ1n) is 7.70. The minimum Gasteiger partial charge on any atom is -0.495 e. The van der Waals surface area contributed by atoms with Gasteiger partial charge in [-0.25, -0.2) is 0 Å². The van der Waals surface area contributed by atoms with Crippen molar-refractivity contribution in [2.75, 3.05) is 26.1 Å². The first-order valence-corrected chi connectivity index (χ1v) is 8.08. The van der Waals surface area contributed by atoms with E-state index in [1.54, 1.807) is 17.0 Å². The van der Waals surface area contributed by atoms with Crippen LogP contribution in [-0.4, -0.2) is 43.0 Å². The average Bonchev–Trinajstić information content (AvgIpc) is 2.90. The first kappa shape index (κ1) is 18.4. The van der Waals surface area contributed by atoms with Gasteiger partial charge in [-0.15, -0.1) is 0 Å². The van der Waals surface area contributed by atoms with Crippen LogP contribution in [0.2, 0.25) is 5.02 Å². The molecule has 1 aromatic rings. The average molecular weight is 355 g/mol. The fourth-order valence-electron chi connectivity index (χ4n) is 2.72. The number of hydrogen-bond acceptors (Lipinski definition) is 4. The maximum absolute atomic E-state index is 12.6. The summed E-state index contributed by atoms with van der Waals surface area (Å²) in [5, 5.41) is 3.21. The summed E-state index contributed by atoms with van der Waals surface area (Å²) in [5.74, 6) is 0.238. The molecule has 1 atom stereocenters. The minimum atomic E-state index is -0.400. The fourth-order valence-corrected chi connectivity index (χ4v) is 2.96. The Morgan fingerprint density at radius 2 is 1.88 bits per heavy atom. The third-order valence-corrected chi connectivity index (χ3v) is 4.33. The Kier molecular flexibility index (Phi) is 5.28. The first-order chi connectivity index (χ1) is 11.2. The Bertz CT molecular complexity index is 655. The Labute approximate surface area is 147 Å². The van der Waals surface area contributed by atoms with Gasteiger partial charge in [0, 0.05) is 30.6 Å². The van der Waals surface area contributed by atoms with Gasteiger partial charge < -0.3 is 19.7 Å². The molecule has 0 saturated carbocycles. The smallest absolute Gasteiger partial charge is 0.229 e. The van der Waals surface area contributed by atoms with Crippen molar-refractivity contribution in [3.63, 3.8) is 0 Å².